The molecule has 9 rings (SSSR count). The average Bonchev–Trinajstić information content (AvgIpc) is 3.50. The second-order valence-electron chi connectivity index (χ2n) is 11.3. The molecule has 2 heterocycles. The largest absolute Gasteiger partial charge is 0.244 e. The van der Waals surface area contributed by atoms with Crippen molar-refractivity contribution in [3.8, 4) is 44.8 Å². The minimum Gasteiger partial charge on any atom is -0.244 e. The Morgan fingerprint density at radius 3 is 1.60 bits per heavy atom. The third kappa shape index (κ3) is 4.24. The zero-order valence-corrected chi connectivity index (χ0v) is 25.1. The normalized spacial score (nSPS) is 11.6. The first-order chi connectivity index (χ1) is 22.3. The molecule has 0 unspecified atom stereocenters. The summed E-state index contributed by atoms with van der Waals surface area (Å²) in [6.07, 6.45) is 0. The summed E-state index contributed by atoms with van der Waals surface area (Å²) in [6.45, 7) is 0. The highest BCUT2D eigenvalue weighted by Gasteiger charge is 2.18. The van der Waals surface area contributed by atoms with Crippen LogP contribution in [0.2, 0.25) is 0 Å². The van der Waals surface area contributed by atoms with E-state index in [4.69, 9.17) is 9.97 Å². The molecule has 0 spiro atoms. The standard InChI is InChI=1S/C42H26N2S/c1-3-13-27(14-4-1)40-41(28-15-5-2-6-16-28)44-42-34(21-11-22-36(42)43-40)32-26-25-31(29-17-7-8-18-30(29)32)33-20-12-24-38-39(33)35-19-9-10-23-37(35)45-38/h1-26H. The first-order valence-corrected chi connectivity index (χ1v) is 16.0. The summed E-state index contributed by atoms with van der Waals surface area (Å²) < 4.78 is 2.63. The first kappa shape index (κ1) is 25.8. The van der Waals surface area contributed by atoms with Gasteiger partial charge in [0.2, 0.25) is 0 Å². The van der Waals surface area contributed by atoms with E-state index in [2.05, 4.69) is 146 Å². The van der Waals surface area contributed by atoms with Crippen molar-refractivity contribution in [2.45, 2.75) is 0 Å². The van der Waals surface area contributed by atoms with Crippen molar-refractivity contribution in [3.63, 3.8) is 0 Å². The van der Waals surface area contributed by atoms with Crippen molar-refractivity contribution >= 4 is 53.3 Å². The maximum absolute atomic E-state index is 5.39. The number of thiophene rings is 1. The number of hydrogen-bond donors (Lipinski definition) is 0. The summed E-state index contributed by atoms with van der Waals surface area (Å²) in [5, 5.41) is 5.07. The Morgan fingerprint density at radius 2 is 0.889 bits per heavy atom. The molecule has 0 saturated carbocycles. The molecule has 7 aromatic carbocycles. The van der Waals surface area contributed by atoms with E-state index in [1.807, 2.05) is 23.5 Å². The Hall–Kier alpha value is -5.64. The molecule has 0 aliphatic heterocycles. The second-order valence-corrected chi connectivity index (χ2v) is 12.4. The Kier molecular flexibility index (Phi) is 6.03. The van der Waals surface area contributed by atoms with Crippen LogP contribution in [0.1, 0.15) is 0 Å². The van der Waals surface area contributed by atoms with Crippen LogP contribution in [0.25, 0.3) is 86.7 Å². The molecule has 0 fully saturated rings. The lowest BCUT2D eigenvalue weighted by Gasteiger charge is -2.16. The number of aromatic nitrogens is 2. The molecule has 0 atom stereocenters. The number of hydrogen-bond acceptors (Lipinski definition) is 3. The van der Waals surface area contributed by atoms with Crippen LogP contribution < -0.4 is 0 Å². The molecule has 45 heavy (non-hydrogen) atoms. The SMILES string of the molecule is c1ccc(-c2nc3cccc(-c4ccc(-c5cccc6sc7ccccc7c56)c5ccccc45)c3nc2-c2ccccc2)cc1. The third-order valence-corrected chi connectivity index (χ3v) is 9.83. The zero-order chi connectivity index (χ0) is 29.7. The van der Waals surface area contributed by atoms with Gasteiger partial charge in [-0.15, -0.1) is 11.3 Å². The number of benzene rings is 7. The van der Waals surface area contributed by atoms with E-state index in [0.29, 0.717) is 0 Å². The maximum atomic E-state index is 5.39. The number of nitrogens with zero attached hydrogens (tertiary/aromatic N) is 2. The molecule has 0 N–H and O–H groups in total. The first-order valence-electron chi connectivity index (χ1n) is 15.2. The molecule has 210 valence electrons. The second kappa shape index (κ2) is 10.5. The maximum Gasteiger partial charge on any atom is 0.0973 e. The van der Waals surface area contributed by atoms with Crippen LogP contribution in [0.4, 0.5) is 0 Å². The smallest absolute Gasteiger partial charge is 0.0973 e. The molecule has 0 amide bonds. The van der Waals surface area contributed by atoms with Gasteiger partial charge >= 0.3 is 0 Å². The highest BCUT2D eigenvalue weighted by Crippen LogP contribution is 2.44. The van der Waals surface area contributed by atoms with Crippen LogP contribution in [0.5, 0.6) is 0 Å². The predicted octanol–water partition coefficient (Wildman–Crippen LogP) is 11.8. The minimum absolute atomic E-state index is 0.883. The van der Waals surface area contributed by atoms with Crippen LogP contribution in [0, 0.1) is 0 Å². The summed E-state index contributed by atoms with van der Waals surface area (Å²) in [4.78, 5) is 10.6. The van der Waals surface area contributed by atoms with E-state index in [1.165, 1.54) is 42.1 Å². The lowest BCUT2D eigenvalue weighted by Crippen LogP contribution is -1.97. The van der Waals surface area contributed by atoms with Gasteiger partial charge in [0.15, 0.2) is 0 Å². The van der Waals surface area contributed by atoms with Crippen LogP contribution >= 0.6 is 11.3 Å². The van der Waals surface area contributed by atoms with Crippen LogP contribution in [-0.2, 0) is 0 Å². The van der Waals surface area contributed by atoms with Gasteiger partial charge in [0.25, 0.3) is 0 Å². The van der Waals surface area contributed by atoms with Gasteiger partial charge < -0.3 is 0 Å². The molecule has 9 aromatic rings. The van der Waals surface area contributed by atoms with Gasteiger partial charge in [-0.2, -0.15) is 0 Å². The molecular formula is C42H26N2S. The van der Waals surface area contributed by atoms with E-state index in [9.17, 15) is 0 Å². The summed E-state index contributed by atoms with van der Waals surface area (Å²) in [5.74, 6) is 0. The monoisotopic (exact) mass is 590 g/mol. The molecule has 3 heteroatoms. The topological polar surface area (TPSA) is 25.8 Å². The van der Waals surface area contributed by atoms with E-state index in [1.54, 1.807) is 0 Å². The van der Waals surface area contributed by atoms with Crippen molar-refractivity contribution in [2.24, 2.45) is 0 Å². The molecule has 2 nitrogen and oxygen atoms in total. The molecule has 0 aliphatic carbocycles. The van der Waals surface area contributed by atoms with Gasteiger partial charge in [0.05, 0.1) is 22.4 Å². The fourth-order valence-electron chi connectivity index (χ4n) is 6.66. The lowest BCUT2D eigenvalue weighted by molar-refractivity contribution is 1.29. The highest BCUT2D eigenvalue weighted by molar-refractivity contribution is 7.25. The minimum atomic E-state index is 0.883. The summed E-state index contributed by atoms with van der Waals surface area (Å²) in [6, 6.07) is 55.9. The van der Waals surface area contributed by atoms with Crippen molar-refractivity contribution in [2.75, 3.05) is 0 Å². The van der Waals surface area contributed by atoms with Gasteiger partial charge in [-0.25, -0.2) is 9.97 Å². The van der Waals surface area contributed by atoms with Crippen molar-refractivity contribution in [1.29, 1.82) is 0 Å². The fourth-order valence-corrected chi connectivity index (χ4v) is 7.79. The van der Waals surface area contributed by atoms with Crippen LogP contribution in [0.3, 0.4) is 0 Å². The van der Waals surface area contributed by atoms with Gasteiger partial charge in [0.1, 0.15) is 0 Å². The highest BCUT2D eigenvalue weighted by atomic mass is 32.1. The van der Waals surface area contributed by atoms with E-state index >= 15 is 0 Å². The average molecular weight is 591 g/mol. The van der Waals surface area contributed by atoms with Gasteiger partial charge in [0, 0.05) is 36.9 Å². The number of para-hydroxylation sites is 1. The van der Waals surface area contributed by atoms with Gasteiger partial charge in [-0.05, 0) is 45.7 Å². The Balaban J connectivity index is 1.30. The Bertz CT molecular complexity index is 2530. The quantitative estimate of drug-likeness (QED) is 0.204. The number of rotatable bonds is 4. The molecule has 0 radical (unpaired) electrons. The van der Waals surface area contributed by atoms with Crippen molar-refractivity contribution < 1.29 is 0 Å². The van der Waals surface area contributed by atoms with E-state index in [-0.39, 0.29) is 0 Å². The Morgan fingerprint density at radius 1 is 0.356 bits per heavy atom. The molecule has 0 bridgehead atoms. The summed E-state index contributed by atoms with van der Waals surface area (Å²) in [7, 11) is 0. The van der Waals surface area contributed by atoms with Crippen molar-refractivity contribution in [3.05, 3.63) is 158 Å². The summed E-state index contributed by atoms with van der Waals surface area (Å²) in [5.41, 5.74) is 10.4. The van der Waals surface area contributed by atoms with Gasteiger partial charge in [-0.1, -0.05) is 140 Å². The van der Waals surface area contributed by atoms with Gasteiger partial charge in [-0.3, -0.25) is 0 Å². The molecule has 0 saturated heterocycles. The molecule has 2 aromatic heterocycles. The fraction of sp³-hybridized carbons (Fsp3) is 0. The molecule has 0 aliphatic rings. The number of fused-ring (bicyclic) bond motifs is 5. The molecular weight excluding hydrogens is 565 g/mol. The van der Waals surface area contributed by atoms with E-state index in [0.717, 1.165) is 44.7 Å². The lowest BCUT2D eigenvalue weighted by atomic mass is 9.90. The zero-order valence-electron chi connectivity index (χ0n) is 24.3. The Labute approximate surface area is 264 Å². The van der Waals surface area contributed by atoms with Crippen LogP contribution in [0.15, 0.2) is 158 Å². The van der Waals surface area contributed by atoms with Crippen LogP contribution in [-0.4, -0.2) is 9.97 Å². The summed E-state index contributed by atoms with van der Waals surface area (Å²) >= 11 is 1.86. The predicted molar refractivity (Wildman–Crippen MR) is 192 cm³/mol. The third-order valence-electron chi connectivity index (χ3n) is 8.70. The van der Waals surface area contributed by atoms with Crippen molar-refractivity contribution in [1.82, 2.24) is 9.97 Å². The van der Waals surface area contributed by atoms with E-state index < -0.39 is 0 Å².